The van der Waals surface area contributed by atoms with Crippen molar-refractivity contribution in [2.45, 2.75) is 13.1 Å². The Labute approximate surface area is 82.9 Å². The van der Waals surface area contributed by atoms with E-state index in [1.807, 2.05) is 36.4 Å². The summed E-state index contributed by atoms with van der Waals surface area (Å²) in [5.74, 6) is 0. The van der Waals surface area contributed by atoms with Gasteiger partial charge in [-0.05, 0) is 12.1 Å². The van der Waals surface area contributed by atoms with E-state index < -0.39 is 0 Å². The highest BCUT2D eigenvalue weighted by atomic mass is 15.2. The van der Waals surface area contributed by atoms with Crippen LogP contribution >= 0.6 is 0 Å². The summed E-state index contributed by atoms with van der Waals surface area (Å²) in [6, 6.07) is 4.07. The highest BCUT2D eigenvalue weighted by Crippen LogP contribution is 1.97. The van der Waals surface area contributed by atoms with Crippen molar-refractivity contribution in [3.8, 4) is 0 Å². The van der Waals surface area contributed by atoms with Crippen molar-refractivity contribution >= 4 is 0 Å². The van der Waals surface area contributed by atoms with Crippen LogP contribution in [0.15, 0.2) is 30.7 Å². The van der Waals surface area contributed by atoms with Crippen molar-refractivity contribution in [3.05, 3.63) is 42.0 Å². The molecule has 2 N–H and O–H groups in total. The minimum Gasteiger partial charge on any atom is -0.364 e. The maximum Gasteiger partial charge on any atom is 0.0534 e. The second-order valence-electron chi connectivity index (χ2n) is 3.32. The first-order valence-electron chi connectivity index (χ1n) is 4.65. The van der Waals surface area contributed by atoms with Gasteiger partial charge >= 0.3 is 0 Å². The van der Waals surface area contributed by atoms with E-state index in [0.717, 1.165) is 13.1 Å². The van der Waals surface area contributed by atoms with Crippen LogP contribution < -0.4 is 5.32 Å². The van der Waals surface area contributed by atoms with Crippen LogP contribution in [0.25, 0.3) is 0 Å². The minimum absolute atomic E-state index is 0.854. The Morgan fingerprint density at radius 1 is 1.50 bits per heavy atom. The first-order valence-corrected chi connectivity index (χ1v) is 4.65. The number of hydrogen-bond acceptors (Lipinski definition) is 2. The van der Waals surface area contributed by atoms with Gasteiger partial charge in [0.15, 0.2) is 0 Å². The lowest BCUT2D eigenvalue weighted by Crippen LogP contribution is -2.12. The monoisotopic (exact) mass is 190 g/mol. The molecule has 0 fully saturated rings. The first kappa shape index (κ1) is 9.02. The smallest absolute Gasteiger partial charge is 0.0534 e. The topological polar surface area (TPSA) is 45.6 Å². The van der Waals surface area contributed by atoms with Crippen molar-refractivity contribution in [1.29, 1.82) is 0 Å². The molecule has 0 aromatic carbocycles. The molecule has 4 heteroatoms. The van der Waals surface area contributed by atoms with Gasteiger partial charge in [0.1, 0.15) is 0 Å². The zero-order valence-corrected chi connectivity index (χ0v) is 8.20. The summed E-state index contributed by atoms with van der Waals surface area (Å²) >= 11 is 0. The number of aromatic amines is 1. The summed E-state index contributed by atoms with van der Waals surface area (Å²) < 4.78 is 1.81. The third kappa shape index (κ3) is 2.23. The summed E-state index contributed by atoms with van der Waals surface area (Å²) in [6.07, 6.45) is 5.82. The van der Waals surface area contributed by atoms with Gasteiger partial charge in [0.2, 0.25) is 0 Å². The second-order valence-corrected chi connectivity index (χ2v) is 3.32. The van der Waals surface area contributed by atoms with Crippen molar-refractivity contribution in [3.63, 3.8) is 0 Å². The lowest BCUT2D eigenvalue weighted by atomic mass is 10.3. The van der Waals surface area contributed by atoms with Gasteiger partial charge in [-0.1, -0.05) is 0 Å². The Hall–Kier alpha value is -1.55. The Morgan fingerprint density at radius 2 is 2.43 bits per heavy atom. The Morgan fingerprint density at radius 3 is 3.07 bits per heavy atom. The van der Waals surface area contributed by atoms with Gasteiger partial charge in [0, 0.05) is 43.8 Å². The van der Waals surface area contributed by atoms with E-state index in [0.29, 0.717) is 0 Å². The minimum atomic E-state index is 0.854. The van der Waals surface area contributed by atoms with E-state index >= 15 is 0 Å². The third-order valence-electron chi connectivity index (χ3n) is 2.07. The van der Waals surface area contributed by atoms with E-state index in [2.05, 4.69) is 21.5 Å². The van der Waals surface area contributed by atoms with Gasteiger partial charge in [0.25, 0.3) is 0 Å². The number of aryl methyl sites for hydroxylation is 1. The number of nitrogens with zero attached hydrogens (tertiary/aromatic N) is 2. The fourth-order valence-corrected chi connectivity index (χ4v) is 1.38. The van der Waals surface area contributed by atoms with Crippen molar-refractivity contribution in [2.24, 2.45) is 7.05 Å². The standard InChI is InChI=1S/C10H14N4/c1-14-8-9(6-13-14)5-11-7-10-3-2-4-12-10/h2-4,6,8,11-12H,5,7H2,1H3. The van der Waals surface area contributed by atoms with Gasteiger partial charge in [0.05, 0.1) is 6.20 Å². The van der Waals surface area contributed by atoms with E-state index in [-0.39, 0.29) is 0 Å². The molecule has 2 aromatic heterocycles. The molecule has 0 bridgehead atoms. The largest absolute Gasteiger partial charge is 0.364 e. The molecule has 0 amide bonds. The highest BCUT2D eigenvalue weighted by Gasteiger charge is 1.96. The molecule has 2 heterocycles. The van der Waals surface area contributed by atoms with Crippen molar-refractivity contribution in [1.82, 2.24) is 20.1 Å². The SMILES string of the molecule is Cn1cc(CNCc2ccc[nH]2)cn1. The van der Waals surface area contributed by atoms with Gasteiger partial charge in [-0.2, -0.15) is 5.10 Å². The van der Waals surface area contributed by atoms with E-state index in [1.54, 1.807) is 0 Å². The molecule has 0 atom stereocenters. The fourth-order valence-electron chi connectivity index (χ4n) is 1.38. The number of hydrogen-bond donors (Lipinski definition) is 2. The maximum atomic E-state index is 4.10. The molecule has 0 saturated carbocycles. The van der Waals surface area contributed by atoms with Gasteiger partial charge < -0.3 is 10.3 Å². The maximum absolute atomic E-state index is 4.10. The zero-order valence-electron chi connectivity index (χ0n) is 8.20. The summed E-state index contributed by atoms with van der Waals surface area (Å²) in [7, 11) is 1.93. The molecule has 0 saturated heterocycles. The summed E-state index contributed by atoms with van der Waals surface area (Å²) in [5, 5.41) is 7.43. The number of nitrogens with one attached hydrogen (secondary N) is 2. The van der Waals surface area contributed by atoms with E-state index in [4.69, 9.17) is 0 Å². The van der Waals surface area contributed by atoms with Crippen LogP contribution in [0.2, 0.25) is 0 Å². The third-order valence-corrected chi connectivity index (χ3v) is 2.07. The second kappa shape index (κ2) is 4.11. The van der Waals surface area contributed by atoms with Gasteiger partial charge in [-0.3, -0.25) is 4.68 Å². The molecule has 0 spiro atoms. The molecule has 4 nitrogen and oxygen atoms in total. The molecular weight excluding hydrogens is 176 g/mol. The van der Waals surface area contributed by atoms with Crippen LogP contribution in [-0.4, -0.2) is 14.8 Å². The summed E-state index contributed by atoms with van der Waals surface area (Å²) in [4.78, 5) is 3.15. The zero-order chi connectivity index (χ0) is 9.80. The van der Waals surface area contributed by atoms with Crippen molar-refractivity contribution in [2.75, 3.05) is 0 Å². The van der Waals surface area contributed by atoms with Crippen LogP contribution in [0.5, 0.6) is 0 Å². The van der Waals surface area contributed by atoms with Crippen LogP contribution in [0.1, 0.15) is 11.3 Å². The average molecular weight is 190 g/mol. The number of aromatic nitrogens is 3. The Kier molecular flexibility index (Phi) is 2.65. The molecule has 0 aliphatic carbocycles. The van der Waals surface area contributed by atoms with Crippen molar-refractivity contribution < 1.29 is 0 Å². The van der Waals surface area contributed by atoms with Crippen LogP contribution in [0, 0.1) is 0 Å². The molecule has 14 heavy (non-hydrogen) atoms. The molecule has 74 valence electrons. The number of rotatable bonds is 4. The van der Waals surface area contributed by atoms with E-state index in [9.17, 15) is 0 Å². The quantitative estimate of drug-likeness (QED) is 0.756. The molecule has 2 rings (SSSR count). The van der Waals surface area contributed by atoms with Gasteiger partial charge in [-0.15, -0.1) is 0 Å². The van der Waals surface area contributed by atoms with Crippen LogP contribution in [0.3, 0.4) is 0 Å². The lowest BCUT2D eigenvalue weighted by Gasteiger charge is -1.99. The number of H-pyrrole nitrogens is 1. The first-order chi connectivity index (χ1) is 6.84. The molecule has 0 radical (unpaired) electrons. The summed E-state index contributed by atoms with van der Waals surface area (Å²) in [6.45, 7) is 1.72. The Bertz CT molecular complexity index is 374. The molecule has 0 unspecified atom stereocenters. The van der Waals surface area contributed by atoms with Crippen LogP contribution in [0.4, 0.5) is 0 Å². The van der Waals surface area contributed by atoms with Gasteiger partial charge in [-0.25, -0.2) is 0 Å². The normalized spacial score (nSPS) is 10.6. The molecule has 2 aromatic rings. The lowest BCUT2D eigenvalue weighted by molar-refractivity contribution is 0.681. The molecular formula is C10H14N4. The van der Waals surface area contributed by atoms with Crippen LogP contribution in [-0.2, 0) is 20.1 Å². The highest BCUT2D eigenvalue weighted by molar-refractivity contribution is 5.05. The molecule has 0 aliphatic heterocycles. The summed E-state index contributed by atoms with van der Waals surface area (Å²) in [5.41, 5.74) is 2.41. The predicted octanol–water partition coefficient (Wildman–Crippen LogP) is 1.04. The Balaban J connectivity index is 1.78. The fraction of sp³-hybridized carbons (Fsp3) is 0.300. The molecule has 0 aliphatic rings. The van der Waals surface area contributed by atoms with E-state index in [1.165, 1.54) is 11.3 Å². The predicted molar refractivity (Wildman–Crippen MR) is 54.5 cm³/mol. The average Bonchev–Trinajstić information content (AvgIpc) is 2.77.